The molecule has 1 fully saturated rings. The van der Waals surface area contributed by atoms with Gasteiger partial charge in [0, 0.05) is 39.4 Å². The number of hydrogen-bond donors (Lipinski definition) is 1. The van der Waals surface area contributed by atoms with E-state index in [0.29, 0.717) is 0 Å². The lowest BCUT2D eigenvalue weighted by molar-refractivity contribution is 0.332. The number of rotatable bonds is 7. The zero-order chi connectivity index (χ0) is 40.8. The van der Waals surface area contributed by atoms with E-state index in [0.717, 1.165) is 25.2 Å². The van der Waals surface area contributed by atoms with Gasteiger partial charge in [-0.2, -0.15) is 0 Å². The van der Waals surface area contributed by atoms with Gasteiger partial charge in [0.2, 0.25) is 0 Å². The summed E-state index contributed by atoms with van der Waals surface area (Å²) in [5, 5.41) is 6.53. The zero-order valence-corrected chi connectivity index (χ0v) is 36.4. The number of anilines is 4. The molecular weight excluding hydrogens is 711 g/mol. The largest absolute Gasteiger partial charge is 0.355 e. The summed E-state index contributed by atoms with van der Waals surface area (Å²) in [5.41, 5.74) is 24.5. The van der Waals surface area contributed by atoms with Crippen LogP contribution in [0.1, 0.15) is 129 Å². The van der Waals surface area contributed by atoms with Crippen LogP contribution in [-0.4, -0.2) is 7.28 Å². The van der Waals surface area contributed by atoms with Gasteiger partial charge >= 0.3 is 0 Å². The average molecular weight is 770 g/mol. The molecule has 1 N–H and O–H groups in total. The summed E-state index contributed by atoms with van der Waals surface area (Å²) in [6, 6.07) is 39.7. The van der Waals surface area contributed by atoms with Crippen LogP contribution in [0.4, 0.5) is 22.7 Å². The Kier molecular flexibility index (Phi) is 9.13. The molecule has 0 atom stereocenters. The first kappa shape index (κ1) is 38.0. The van der Waals surface area contributed by atoms with E-state index in [1.54, 1.807) is 5.56 Å². The minimum Gasteiger partial charge on any atom is -0.355 e. The maximum atomic E-state index is 3.97. The van der Waals surface area contributed by atoms with Gasteiger partial charge < -0.3 is 10.2 Å². The summed E-state index contributed by atoms with van der Waals surface area (Å²) in [6.07, 6.45) is 10.6. The normalized spacial score (nSPS) is 17.8. The maximum absolute atomic E-state index is 3.97. The van der Waals surface area contributed by atoms with E-state index in [4.69, 9.17) is 0 Å². The van der Waals surface area contributed by atoms with Crippen LogP contribution in [0, 0.1) is 20.8 Å². The Bertz CT molecular complexity index is 2760. The van der Waals surface area contributed by atoms with Crippen molar-refractivity contribution in [2.75, 3.05) is 10.2 Å². The number of hydrogen-bond acceptors (Lipinski definition) is 2. The lowest BCUT2D eigenvalue weighted by Gasteiger charge is -2.44. The van der Waals surface area contributed by atoms with Gasteiger partial charge in [0.15, 0.2) is 7.28 Å². The molecule has 3 aliphatic carbocycles. The van der Waals surface area contributed by atoms with E-state index in [9.17, 15) is 0 Å². The van der Waals surface area contributed by atoms with E-state index in [2.05, 4.69) is 182 Å². The van der Waals surface area contributed by atoms with Gasteiger partial charge in [-0.25, -0.2) is 0 Å². The molecule has 0 saturated heterocycles. The van der Waals surface area contributed by atoms with E-state index in [-0.39, 0.29) is 10.8 Å². The van der Waals surface area contributed by atoms with Gasteiger partial charge in [0.25, 0.3) is 0 Å². The predicted octanol–water partition coefficient (Wildman–Crippen LogP) is 13.6. The summed E-state index contributed by atoms with van der Waals surface area (Å²) >= 11 is 0. The second kappa shape index (κ2) is 14.2. The molecule has 295 valence electrons. The number of aryl methyl sites for hydroxylation is 3. The Hall–Kier alpha value is -5.28. The summed E-state index contributed by atoms with van der Waals surface area (Å²) in [4.78, 5) is 2.67. The highest BCUT2D eigenvalue weighted by Gasteiger charge is 2.39. The summed E-state index contributed by atoms with van der Waals surface area (Å²) < 4.78 is 0. The van der Waals surface area contributed by atoms with Crippen molar-refractivity contribution < 1.29 is 0 Å². The van der Waals surface area contributed by atoms with Gasteiger partial charge in [-0.05, 0) is 180 Å². The summed E-state index contributed by atoms with van der Waals surface area (Å²) in [5.74, 6) is 0.720. The molecule has 3 heteroatoms. The molecule has 6 aromatic rings. The van der Waals surface area contributed by atoms with Crippen LogP contribution in [-0.2, 0) is 17.3 Å². The number of fused-ring (bicyclic) bond motifs is 5. The Labute approximate surface area is 353 Å². The SMILES string of the molecule is CC1=C(Nc2ccccc2C)C(c2cc3ccccc3c3c2[B]c2cc(Cc4ccccc4C4CC4)c(C)cc2N3c2cc3c(cc2C)C(C)(C)CCC3(C)C)=CCC1. The molecule has 1 aliphatic heterocycles. The molecule has 0 unspecified atom stereocenters. The fraction of sp³-hybridized carbons (Fsp3) is 0.321. The second-order valence-electron chi connectivity index (χ2n) is 19.6. The molecular formula is C56H58BN2. The Morgan fingerprint density at radius 1 is 0.695 bits per heavy atom. The van der Waals surface area contributed by atoms with Crippen molar-refractivity contribution in [3.05, 3.63) is 171 Å². The zero-order valence-electron chi connectivity index (χ0n) is 36.4. The predicted molar refractivity (Wildman–Crippen MR) is 254 cm³/mol. The van der Waals surface area contributed by atoms with Crippen molar-refractivity contribution in [3.63, 3.8) is 0 Å². The molecule has 1 heterocycles. The maximum Gasteiger partial charge on any atom is 0.197 e. The van der Waals surface area contributed by atoms with E-state index >= 15 is 0 Å². The van der Waals surface area contributed by atoms with Crippen LogP contribution in [0.3, 0.4) is 0 Å². The van der Waals surface area contributed by atoms with Crippen LogP contribution < -0.4 is 21.1 Å². The number of para-hydroxylation sites is 1. The Morgan fingerprint density at radius 2 is 1.41 bits per heavy atom. The Balaban J connectivity index is 1.22. The molecule has 0 amide bonds. The van der Waals surface area contributed by atoms with Gasteiger partial charge in [-0.1, -0.05) is 118 Å². The first-order valence-electron chi connectivity index (χ1n) is 22.2. The van der Waals surface area contributed by atoms with Gasteiger partial charge in [0.05, 0.1) is 0 Å². The second-order valence-corrected chi connectivity index (χ2v) is 19.6. The smallest absolute Gasteiger partial charge is 0.197 e. The molecule has 0 spiro atoms. The fourth-order valence-electron chi connectivity index (χ4n) is 10.5. The van der Waals surface area contributed by atoms with Crippen LogP contribution in [0.25, 0.3) is 16.3 Å². The number of allylic oxidation sites excluding steroid dienone is 3. The third kappa shape index (κ3) is 6.57. The van der Waals surface area contributed by atoms with Crippen molar-refractivity contribution in [1.82, 2.24) is 0 Å². The van der Waals surface area contributed by atoms with Gasteiger partial charge in [0.1, 0.15) is 0 Å². The highest BCUT2D eigenvalue weighted by atomic mass is 15.2. The Morgan fingerprint density at radius 3 is 2.19 bits per heavy atom. The molecule has 10 rings (SSSR count). The monoisotopic (exact) mass is 769 g/mol. The first-order chi connectivity index (χ1) is 28.4. The summed E-state index contributed by atoms with van der Waals surface area (Å²) in [7, 11) is 2.54. The molecule has 6 aromatic carbocycles. The van der Waals surface area contributed by atoms with E-state index < -0.39 is 0 Å². The van der Waals surface area contributed by atoms with Crippen LogP contribution in [0.15, 0.2) is 120 Å². The third-order valence-corrected chi connectivity index (χ3v) is 14.4. The molecule has 0 aromatic heterocycles. The molecule has 4 aliphatic rings. The van der Waals surface area contributed by atoms with Crippen molar-refractivity contribution in [2.24, 2.45) is 0 Å². The van der Waals surface area contributed by atoms with E-state index in [1.807, 2.05) is 0 Å². The van der Waals surface area contributed by atoms with Crippen molar-refractivity contribution in [1.29, 1.82) is 0 Å². The minimum atomic E-state index is 0.0882. The highest BCUT2D eigenvalue weighted by Crippen LogP contribution is 2.51. The van der Waals surface area contributed by atoms with Crippen molar-refractivity contribution in [3.8, 4) is 0 Å². The molecule has 1 saturated carbocycles. The van der Waals surface area contributed by atoms with Crippen molar-refractivity contribution >= 4 is 57.3 Å². The number of nitrogens with zero attached hydrogens (tertiary/aromatic N) is 1. The molecule has 2 nitrogen and oxygen atoms in total. The average Bonchev–Trinajstić information content (AvgIpc) is 4.07. The van der Waals surface area contributed by atoms with E-state index in [1.165, 1.54) is 131 Å². The minimum absolute atomic E-state index is 0.0882. The van der Waals surface area contributed by atoms with Gasteiger partial charge in [-0.3, -0.25) is 0 Å². The highest BCUT2D eigenvalue weighted by molar-refractivity contribution is 6.73. The van der Waals surface area contributed by atoms with Crippen LogP contribution >= 0.6 is 0 Å². The molecule has 0 bridgehead atoms. The first-order valence-corrected chi connectivity index (χ1v) is 22.2. The standard InChI is InChI=1S/C56H58BN2/c1-34-16-9-14-23-49(34)58-53-35(2)17-15-22-44(53)45-31-40-19-11-13-21-43(40)54-52(45)57-48-32-41(30-39-18-10-12-20-42(39)38-24-25-38)36(3)29-51(48)59(54)50-33-47-46(28-37(50)4)55(5,6)26-27-56(47,7)8/h9-14,16,18-23,28-29,31-33,38,58H,15,17,24-27,30H2,1-8H3. The lowest BCUT2D eigenvalue weighted by Crippen LogP contribution is -2.43. The molecule has 1 radical (unpaired) electrons. The lowest BCUT2D eigenvalue weighted by atomic mass is 9.56. The van der Waals surface area contributed by atoms with Crippen LogP contribution in [0.5, 0.6) is 0 Å². The van der Waals surface area contributed by atoms with Crippen molar-refractivity contribution in [2.45, 2.75) is 117 Å². The molecule has 59 heavy (non-hydrogen) atoms. The van der Waals surface area contributed by atoms with Gasteiger partial charge in [-0.15, -0.1) is 0 Å². The third-order valence-electron chi connectivity index (χ3n) is 14.4. The topological polar surface area (TPSA) is 15.3 Å². The van der Waals surface area contributed by atoms with Crippen LogP contribution in [0.2, 0.25) is 0 Å². The quantitative estimate of drug-likeness (QED) is 0.162. The summed E-state index contributed by atoms with van der Waals surface area (Å²) in [6.45, 7) is 19.0. The number of benzene rings is 6. The number of nitrogens with one attached hydrogen (secondary N) is 1. The fourth-order valence-corrected chi connectivity index (χ4v) is 10.5.